The van der Waals surface area contributed by atoms with Gasteiger partial charge in [0.25, 0.3) is 0 Å². The van der Waals surface area contributed by atoms with Gasteiger partial charge in [-0.2, -0.15) is 18.3 Å². The maximum Gasteiger partial charge on any atom is 0.416 e. The Hall–Kier alpha value is -3.40. The van der Waals surface area contributed by atoms with Gasteiger partial charge in [0.15, 0.2) is 0 Å². The van der Waals surface area contributed by atoms with E-state index in [9.17, 15) is 22.4 Å². The van der Waals surface area contributed by atoms with Gasteiger partial charge in [0, 0.05) is 25.6 Å². The second kappa shape index (κ2) is 8.62. The molecular formula is C22H20F4N4O2. The van der Waals surface area contributed by atoms with Crippen LogP contribution in [0.3, 0.4) is 0 Å². The third kappa shape index (κ3) is 4.59. The highest BCUT2D eigenvalue weighted by molar-refractivity contribution is 5.92. The van der Waals surface area contributed by atoms with Crippen LogP contribution in [0.5, 0.6) is 0 Å². The molecular weight excluding hydrogens is 428 g/mol. The number of benzene rings is 2. The average molecular weight is 448 g/mol. The van der Waals surface area contributed by atoms with E-state index in [1.54, 1.807) is 24.4 Å². The third-order valence-corrected chi connectivity index (χ3v) is 5.42. The first-order valence-corrected chi connectivity index (χ1v) is 9.91. The number of anilines is 1. The van der Waals surface area contributed by atoms with Crippen LogP contribution < -0.4 is 10.6 Å². The van der Waals surface area contributed by atoms with Crippen LogP contribution in [0.15, 0.2) is 60.9 Å². The highest BCUT2D eigenvalue weighted by atomic mass is 19.4. The molecule has 2 aromatic carbocycles. The zero-order chi connectivity index (χ0) is 22.8. The van der Waals surface area contributed by atoms with Crippen molar-refractivity contribution in [2.24, 2.45) is 0 Å². The minimum atomic E-state index is -4.58. The van der Waals surface area contributed by atoms with Gasteiger partial charge >= 0.3 is 12.2 Å². The van der Waals surface area contributed by atoms with E-state index in [4.69, 9.17) is 4.74 Å². The molecule has 1 aliphatic heterocycles. The van der Waals surface area contributed by atoms with Gasteiger partial charge in [0.1, 0.15) is 5.82 Å². The maximum atomic E-state index is 13.4. The summed E-state index contributed by atoms with van der Waals surface area (Å²) in [5.41, 5.74) is -0.830. The number of alkyl halides is 3. The van der Waals surface area contributed by atoms with Crippen LogP contribution in [0.4, 0.5) is 28.0 Å². The Bertz CT molecular complexity index is 1080. The normalized spacial score (nSPS) is 15.9. The number of rotatable bonds is 4. The van der Waals surface area contributed by atoms with E-state index in [1.807, 2.05) is 0 Å². The Kier molecular flexibility index (Phi) is 5.88. The molecule has 10 heteroatoms. The van der Waals surface area contributed by atoms with Gasteiger partial charge in [-0.15, -0.1) is 0 Å². The van der Waals surface area contributed by atoms with Crippen molar-refractivity contribution in [3.63, 3.8) is 0 Å². The minimum absolute atomic E-state index is 0.0534. The summed E-state index contributed by atoms with van der Waals surface area (Å²) in [6.45, 7) is 0.750. The van der Waals surface area contributed by atoms with Crippen molar-refractivity contribution in [2.45, 2.75) is 24.6 Å². The van der Waals surface area contributed by atoms with Crippen molar-refractivity contribution < 1.29 is 27.1 Å². The Morgan fingerprint density at radius 3 is 2.44 bits per heavy atom. The van der Waals surface area contributed by atoms with Crippen molar-refractivity contribution in [1.82, 2.24) is 15.1 Å². The van der Waals surface area contributed by atoms with Crippen LogP contribution in [0.1, 0.15) is 24.0 Å². The quantitative estimate of drug-likeness (QED) is 0.561. The number of nitrogens with zero attached hydrogens (tertiary/aromatic N) is 2. The molecule has 0 aliphatic carbocycles. The Morgan fingerprint density at radius 2 is 1.81 bits per heavy atom. The minimum Gasteiger partial charge on any atom is -0.381 e. The van der Waals surface area contributed by atoms with E-state index in [0.29, 0.717) is 31.6 Å². The van der Waals surface area contributed by atoms with E-state index in [2.05, 4.69) is 15.7 Å². The molecule has 1 saturated heterocycles. The van der Waals surface area contributed by atoms with E-state index >= 15 is 0 Å². The fourth-order valence-electron chi connectivity index (χ4n) is 3.77. The van der Waals surface area contributed by atoms with Crippen LogP contribution in [0.2, 0.25) is 0 Å². The largest absolute Gasteiger partial charge is 0.416 e. The zero-order valence-electron chi connectivity index (χ0n) is 16.8. The van der Waals surface area contributed by atoms with Crippen molar-refractivity contribution in [2.75, 3.05) is 18.5 Å². The number of carbonyl (C=O) groups is 1. The SMILES string of the molecule is O=C(Nc1cc(C(F)(F)F)ccc1-n1cccn1)NC1(c2ccc(F)cc2)CCOCC1. The summed E-state index contributed by atoms with van der Waals surface area (Å²) in [5.74, 6) is -0.409. The number of carbonyl (C=O) groups excluding carboxylic acids is 1. The number of halogens is 4. The molecule has 1 aromatic heterocycles. The van der Waals surface area contributed by atoms with Crippen LogP contribution >= 0.6 is 0 Å². The summed E-state index contributed by atoms with van der Waals surface area (Å²) in [5, 5.41) is 9.47. The highest BCUT2D eigenvalue weighted by Gasteiger charge is 2.36. The third-order valence-electron chi connectivity index (χ3n) is 5.42. The van der Waals surface area contributed by atoms with Crippen molar-refractivity contribution in [1.29, 1.82) is 0 Å². The number of aromatic nitrogens is 2. The lowest BCUT2D eigenvalue weighted by Crippen LogP contribution is -2.51. The monoisotopic (exact) mass is 448 g/mol. The molecule has 2 heterocycles. The van der Waals surface area contributed by atoms with Gasteiger partial charge in [-0.3, -0.25) is 0 Å². The van der Waals surface area contributed by atoms with Gasteiger partial charge < -0.3 is 15.4 Å². The smallest absolute Gasteiger partial charge is 0.381 e. The predicted octanol–water partition coefficient (Wildman–Crippen LogP) is 4.86. The molecule has 0 spiro atoms. The maximum absolute atomic E-state index is 13.4. The number of urea groups is 1. The molecule has 1 fully saturated rings. The van der Waals surface area contributed by atoms with Gasteiger partial charge in [0.05, 0.1) is 22.5 Å². The number of hydrogen-bond acceptors (Lipinski definition) is 3. The van der Waals surface area contributed by atoms with Gasteiger partial charge in [-0.1, -0.05) is 12.1 Å². The second-order valence-electron chi connectivity index (χ2n) is 7.46. The average Bonchev–Trinajstić information content (AvgIpc) is 3.29. The Labute approximate surface area is 181 Å². The summed E-state index contributed by atoms with van der Waals surface area (Å²) in [4.78, 5) is 13.0. The fourth-order valence-corrected chi connectivity index (χ4v) is 3.77. The molecule has 2 N–H and O–H groups in total. The molecule has 6 nitrogen and oxygen atoms in total. The van der Waals surface area contributed by atoms with Crippen LogP contribution in [0, 0.1) is 5.82 Å². The topological polar surface area (TPSA) is 68.2 Å². The first-order valence-electron chi connectivity index (χ1n) is 9.91. The van der Waals surface area contributed by atoms with E-state index in [-0.39, 0.29) is 11.4 Å². The molecule has 0 unspecified atom stereocenters. The molecule has 32 heavy (non-hydrogen) atoms. The molecule has 168 valence electrons. The van der Waals surface area contributed by atoms with Crippen LogP contribution in [-0.4, -0.2) is 29.0 Å². The standard InChI is InChI=1S/C22H20F4N4O2/c23-17-5-2-15(3-6-17)21(8-12-32-13-9-21)29-20(31)28-18-14-16(22(24,25)26)4-7-19(18)30-11-1-10-27-30/h1-7,10-11,14H,8-9,12-13H2,(H2,28,29,31). The first kappa shape index (κ1) is 21.8. The second-order valence-corrected chi connectivity index (χ2v) is 7.46. The zero-order valence-corrected chi connectivity index (χ0v) is 16.8. The first-order chi connectivity index (χ1) is 15.3. The molecule has 2 amide bonds. The molecule has 3 aromatic rings. The van der Waals surface area contributed by atoms with Gasteiger partial charge in [-0.25, -0.2) is 13.9 Å². The molecule has 0 saturated carbocycles. The summed E-state index contributed by atoms with van der Waals surface area (Å²) in [7, 11) is 0. The molecule has 0 atom stereocenters. The Morgan fingerprint density at radius 1 is 1.09 bits per heavy atom. The van der Waals surface area contributed by atoms with Crippen molar-refractivity contribution >= 4 is 11.7 Å². The van der Waals surface area contributed by atoms with Crippen LogP contribution in [0.25, 0.3) is 5.69 Å². The lowest BCUT2D eigenvalue weighted by molar-refractivity contribution is -0.137. The molecule has 4 rings (SSSR count). The lowest BCUT2D eigenvalue weighted by Gasteiger charge is -2.38. The van der Waals surface area contributed by atoms with E-state index in [0.717, 1.165) is 12.1 Å². The number of amides is 2. The molecule has 1 aliphatic rings. The lowest BCUT2D eigenvalue weighted by atomic mass is 9.83. The predicted molar refractivity (Wildman–Crippen MR) is 109 cm³/mol. The summed E-state index contributed by atoms with van der Waals surface area (Å²) < 4.78 is 60.0. The number of nitrogens with one attached hydrogen (secondary N) is 2. The summed E-state index contributed by atoms with van der Waals surface area (Å²) >= 11 is 0. The summed E-state index contributed by atoms with van der Waals surface area (Å²) in [6.07, 6.45) is -0.676. The van der Waals surface area contributed by atoms with Gasteiger partial charge in [0.2, 0.25) is 0 Å². The Balaban J connectivity index is 1.64. The van der Waals surface area contributed by atoms with Gasteiger partial charge in [-0.05, 0) is 54.8 Å². The number of ether oxygens (including phenoxy) is 1. The fraction of sp³-hybridized carbons (Fsp3) is 0.273. The van der Waals surface area contributed by atoms with E-state index < -0.39 is 29.1 Å². The number of hydrogen-bond donors (Lipinski definition) is 2. The van der Waals surface area contributed by atoms with Crippen molar-refractivity contribution in [3.05, 3.63) is 77.9 Å². The summed E-state index contributed by atoms with van der Waals surface area (Å²) in [6, 6.07) is 9.74. The molecule has 0 radical (unpaired) electrons. The molecule has 0 bridgehead atoms. The highest BCUT2D eigenvalue weighted by Crippen LogP contribution is 2.35. The van der Waals surface area contributed by atoms with Crippen LogP contribution in [-0.2, 0) is 16.5 Å². The van der Waals surface area contributed by atoms with E-state index in [1.165, 1.54) is 29.1 Å². The van der Waals surface area contributed by atoms with Crippen molar-refractivity contribution in [3.8, 4) is 5.69 Å².